The van der Waals surface area contributed by atoms with Crippen LogP contribution in [-0.4, -0.2) is 0 Å². The summed E-state index contributed by atoms with van der Waals surface area (Å²) in [7, 11) is 0. The average molecular weight is 1590 g/mol. The van der Waals surface area contributed by atoms with Gasteiger partial charge in [0, 0.05) is 0 Å². The maximum Gasteiger partial charge on any atom is -0.0297 e. The lowest BCUT2D eigenvalue weighted by Gasteiger charge is -2.35. The highest BCUT2D eigenvalue weighted by molar-refractivity contribution is 4.86. The lowest BCUT2D eigenvalue weighted by molar-refractivity contribution is 0.171. The zero-order chi connectivity index (χ0) is 81.7. The molecule has 114 heavy (non-hydrogen) atoms. The molecule has 0 rings (SSSR count). The van der Waals surface area contributed by atoms with Gasteiger partial charge in [-0.1, -0.05) is 564 Å². The normalized spacial score (nSPS) is 13.1. The third-order valence-corrected chi connectivity index (χ3v) is 26.9. The zero-order valence-corrected chi connectivity index (χ0v) is 80.4. The van der Waals surface area contributed by atoms with Gasteiger partial charge >= 0.3 is 0 Å². The molecule has 0 aliphatic rings. The van der Waals surface area contributed by atoms with E-state index in [0.717, 1.165) is 5.92 Å². The molecule has 0 aromatic rings. The maximum absolute atomic E-state index is 2.53. The smallest absolute Gasteiger partial charge is 0.0297 e. The summed E-state index contributed by atoms with van der Waals surface area (Å²) >= 11 is 0. The van der Waals surface area contributed by atoms with E-state index in [1.54, 1.807) is 25.7 Å². The second-order valence-corrected chi connectivity index (χ2v) is 38.6. The van der Waals surface area contributed by atoms with Gasteiger partial charge < -0.3 is 0 Å². The first-order valence-corrected chi connectivity index (χ1v) is 54.9. The van der Waals surface area contributed by atoms with Gasteiger partial charge in [-0.2, -0.15) is 0 Å². The van der Waals surface area contributed by atoms with E-state index in [0.29, 0.717) is 5.41 Å². The Morgan fingerprint density at radius 1 is 0.132 bits per heavy atom. The standard InChI is InChI=1S/C114H220/c1-6-10-14-18-22-26-30-34-38-42-46-51-57-63-69-75-81-87-93-99-105-111-114(109-103-97-91-85-79-73-67-61-55-48-44-40-36-32-28-24-20-16-12-8-3,110-104-98-92-86-80-74-68-62-56-49-45-41-37-33-29-25-21-17-13-9-4)112-106-100-94-88-82-76-70-64-58-52-50-54-60-66-72-78-84-90-96-102-108-113(5)107-101-95-89-83-77-71-65-59-53-47-43-39-35-31-27-23-19-15-11-7-2/h32,35-39,41-42,60,66,113H,6-31,33-34,40,43-59,61-65,67-112H2,1-5H3. The molecular weight excluding hydrogens is 1370 g/mol. The van der Waals surface area contributed by atoms with Gasteiger partial charge in [0.05, 0.1) is 0 Å². The lowest BCUT2D eigenvalue weighted by atomic mass is 9.70. The van der Waals surface area contributed by atoms with Crippen molar-refractivity contribution in [1.29, 1.82) is 0 Å². The Kier molecular flexibility index (Phi) is 103. The molecule has 0 nitrogen and oxygen atoms in total. The molecule has 0 fully saturated rings. The second kappa shape index (κ2) is 104. The van der Waals surface area contributed by atoms with Gasteiger partial charge in [0.2, 0.25) is 0 Å². The molecule has 0 heterocycles. The van der Waals surface area contributed by atoms with E-state index in [2.05, 4.69) is 95.4 Å². The topological polar surface area (TPSA) is 0 Å². The van der Waals surface area contributed by atoms with E-state index < -0.39 is 0 Å². The van der Waals surface area contributed by atoms with Crippen LogP contribution in [0.3, 0.4) is 0 Å². The van der Waals surface area contributed by atoms with Crippen molar-refractivity contribution in [2.45, 2.75) is 657 Å². The van der Waals surface area contributed by atoms with Crippen LogP contribution < -0.4 is 0 Å². The second-order valence-electron chi connectivity index (χ2n) is 38.6. The molecule has 0 aliphatic heterocycles. The molecule has 0 N–H and O–H groups in total. The Morgan fingerprint density at radius 3 is 0.368 bits per heavy atom. The van der Waals surface area contributed by atoms with Gasteiger partial charge in [-0.15, -0.1) is 0 Å². The summed E-state index contributed by atoms with van der Waals surface area (Å²) in [5, 5.41) is 0. The average Bonchev–Trinajstić information content (AvgIpc) is 0.869. The Balaban J connectivity index is 4.83. The van der Waals surface area contributed by atoms with Gasteiger partial charge in [0.15, 0.2) is 0 Å². The van der Waals surface area contributed by atoms with Crippen LogP contribution in [0.25, 0.3) is 0 Å². The Hall–Kier alpha value is -1.30. The highest BCUT2D eigenvalue weighted by Gasteiger charge is 2.28. The SMILES string of the molecule is CCCCCCCC=CCCCCCCCCCCCCCC(CCCCCCCCCCCCC=CCCCCCCCC)(CCCCCCCCCCCCC=CCCCCCCCCC)CCCCCCCCCCCCCC=CCCCCCCCC(C)CCCCCCCCCCCCC=CCCCCCCCC. The monoisotopic (exact) mass is 1590 g/mol. The first-order valence-electron chi connectivity index (χ1n) is 54.9. The summed E-state index contributed by atoms with van der Waals surface area (Å²) in [6, 6.07) is 0. The fourth-order valence-corrected chi connectivity index (χ4v) is 18.8. The van der Waals surface area contributed by atoms with Crippen LogP contribution in [0.15, 0.2) is 60.8 Å². The number of hydrogen-bond acceptors (Lipinski definition) is 0. The molecule has 0 heteroatoms. The van der Waals surface area contributed by atoms with E-state index >= 15 is 0 Å². The van der Waals surface area contributed by atoms with E-state index in [1.165, 1.54) is 597 Å². The molecule has 676 valence electrons. The van der Waals surface area contributed by atoms with Gasteiger partial charge in [-0.05, 0) is 165 Å². The highest BCUT2D eigenvalue weighted by Crippen LogP contribution is 2.43. The summed E-state index contributed by atoms with van der Waals surface area (Å²) in [5.41, 5.74) is 0.619. The maximum atomic E-state index is 2.53. The summed E-state index contributed by atoms with van der Waals surface area (Å²) < 4.78 is 0. The Labute approximate surface area is 725 Å². The van der Waals surface area contributed by atoms with Crippen LogP contribution in [0.5, 0.6) is 0 Å². The third kappa shape index (κ3) is 97.8. The third-order valence-electron chi connectivity index (χ3n) is 26.9. The zero-order valence-electron chi connectivity index (χ0n) is 80.4. The fraction of sp³-hybridized carbons (Fsp3) is 0.912. The molecule has 0 aliphatic carbocycles. The summed E-state index contributed by atoms with van der Waals surface area (Å²) in [5.74, 6) is 0.937. The predicted octanol–water partition coefficient (Wildman–Crippen LogP) is 43.3. The van der Waals surface area contributed by atoms with Crippen molar-refractivity contribution in [3.05, 3.63) is 60.8 Å². The highest BCUT2D eigenvalue weighted by atomic mass is 14.3. The molecular formula is C114H220. The van der Waals surface area contributed by atoms with Crippen molar-refractivity contribution < 1.29 is 0 Å². The molecule has 2 unspecified atom stereocenters. The molecule has 0 bridgehead atoms. The molecule has 0 saturated heterocycles. The predicted molar refractivity (Wildman–Crippen MR) is 528 cm³/mol. The number of allylic oxidation sites excluding steroid dienone is 10. The van der Waals surface area contributed by atoms with Gasteiger partial charge in [0.25, 0.3) is 0 Å². The van der Waals surface area contributed by atoms with Crippen LogP contribution in [0.2, 0.25) is 0 Å². The van der Waals surface area contributed by atoms with E-state index in [1.807, 2.05) is 0 Å². The van der Waals surface area contributed by atoms with Crippen LogP contribution in [-0.2, 0) is 0 Å². The van der Waals surface area contributed by atoms with Crippen molar-refractivity contribution in [2.24, 2.45) is 11.3 Å². The van der Waals surface area contributed by atoms with Crippen molar-refractivity contribution in [3.8, 4) is 0 Å². The van der Waals surface area contributed by atoms with Crippen molar-refractivity contribution in [2.75, 3.05) is 0 Å². The molecule has 0 aromatic carbocycles. The van der Waals surface area contributed by atoms with Crippen molar-refractivity contribution in [3.63, 3.8) is 0 Å². The molecule has 2 atom stereocenters. The largest absolute Gasteiger partial charge is 0.0885 e. The van der Waals surface area contributed by atoms with Crippen LogP contribution in [0, 0.1) is 11.3 Å². The number of hydrogen-bond donors (Lipinski definition) is 0. The van der Waals surface area contributed by atoms with E-state index in [-0.39, 0.29) is 0 Å². The van der Waals surface area contributed by atoms with Crippen LogP contribution in [0.1, 0.15) is 657 Å². The fourth-order valence-electron chi connectivity index (χ4n) is 18.8. The summed E-state index contributed by atoms with van der Waals surface area (Å²) in [6.07, 6.45) is 165. The number of unbranched alkanes of at least 4 members (excludes halogenated alkanes) is 81. The summed E-state index contributed by atoms with van der Waals surface area (Å²) in [6.45, 7) is 11.8. The van der Waals surface area contributed by atoms with Gasteiger partial charge in [-0.3, -0.25) is 0 Å². The van der Waals surface area contributed by atoms with Crippen LogP contribution in [0.4, 0.5) is 0 Å². The molecule has 0 saturated carbocycles. The van der Waals surface area contributed by atoms with Gasteiger partial charge in [0.1, 0.15) is 0 Å². The molecule has 0 spiro atoms. The first-order chi connectivity index (χ1) is 56.6. The molecule has 0 amide bonds. The van der Waals surface area contributed by atoms with Crippen molar-refractivity contribution >= 4 is 0 Å². The first kappa shape index (κ1) is 113. The minimum absolute atomic E-state index is 0.619. The molecule has 0 radical (unpaired) electrons. The van der Waals surface area contributed by atoms with E-state index in [9.17, 15) is 0 Å². The quantitative estimate of drug-likeness (QED) is 0.0421. The van der Waals surface area contributed by atoms with Crippen molar-refractivity contribution in [1.82, 2.24) is 0 Å². The Morgan fingerprint density at radius 2 is 0.237 bits per heavy atom. The number of rotatable bonds is 103. The lowest BCUT2D eigenvalue weighted by Crippen LogP contribution is -2.21. The molecule has 0 aromatic heterocycles. The Bertz CT molecular complexity index is 1820. The van der Waals surface area contributed by atoms with E-state index in [4.69, 9.17) is 0 Å². The minimum atomic E-state index is 0.619. The summed E-state index contributed by atoms with van der Waals surface area (Å²) in [4.78, 5) is 0. The van der Waals surface area contributed by atoms with Gasteiger partial charge in [-0.25, -0.2) is 0 Å². The minimum Gasteiger partial charge on any atom is -0.0885 e. The van der Waals surface area contributed by atoms with Crippen LogP contribution >= 0.6 is 0 Å².